The molecule has 2 N–H and O–H groups in total. The first-order valence-electron chi connectivity index (χ1n) is 6.94. The van der Waals surface area contributed by atoms with Crippen LogP contribution in [-0.2, 0) is 16.8 Å². The molecule has 1 atom stereocenters. The van der Waals surface area contributed by atoms with E-state index in [0.717, 1.165) is 11.3 Å². The molecule has 7 heteroatoms. The molecule has 0 aliphatic carbocycles. The molecule has 0 aromatic heterocycles. The van der Waals surface area contributed by atoms with Gasteiger partial charge in [0.25, 0.3) is 0 Å². The van der Waals surface area contributed by atoms with Crippen LogP contribution in [0.5, 0.6) is 11.5 Å². The van der Waals surface area contributed by atoms with Gasteiger partial charge in [-0.1, -0.05) is 30.9 Å². The van der Waals surface area contributed by atoms with Crippen molar-refractivity contribution >= 4 is 34.3 Å². The van der Waals surface area contributed by atoms with Gasteiger partial charge in [0.05, 0.1) is 7.11 Å². The Bertz CT molecular complexity index is 620. The summed E-state index contributed by atoms with van der Waals surface area (Å²) in [6.45, 7) is 4.13. The number of methoxy groups -OCH3 is 1. The third kappa shape index (κ3) is 2.63. The number of phenols is 1. The second kappa shape index (κ2) is 6.34. The van der Waals surface area contributed by atoms with Crippen LogP contribution in [0.4, 0.5) is 0 Å². The predicted molar refractivity (Wildman–Crippen MR) is 90.8 cm³/mol. The number of ether oxygens (including phenoxy) is 1. The lowest BCUT2D eigenvalue weighted by Crippen LogP contribution is -2.55. The number of carboxylic acids is 1. The maximum absolute atomic E-state index is 12.0. The number of benzene rings is 1. The van der Waals surface area contributed by atoms with Gasteiger partial charge in [-0.25, -0.2) is 4.79 Å². The highest BCUT2D eigenvalue weighted by molar-refractivity contribution is 8.22. The fourth-order valence-electron chi connectivity index (χ4n) is 2.74. The molecule has 0 saturated carbocycles. The van der Waals surface area contributed by atoms with E-state index >= 15 is 0 Å². The van der Waals surface area contributed by atoms with Crippen LogP contribution < -0.4 is 4.74 Å². The van der Waals surface area contributed by atoms with E-state index in [1.165, 1.54) is 18.9 Å². The Balaban J connectivity index is 2.59. The molecule has 2 rings (SSSR count). The Morgan fingerprint density at radius 1 is 1.55 bits per heavy atom. The van der Waals surface area contributed by atoms with Gasteiger partial charge in [0.15, 0.2) is 17.0 Å². The molecule has 1 heterocycles. The lowest BCUT2D eigenvalue weighted by Gasteiger charge is -2.44. The third-order valence-electron chi connectivity index (χ3n) is 3.98. The molecule has 5 nitrogen and oxygen atoms in total. The van der Waals surface area contributed by atoms with Crippen molar-refractivity contribution in [1.29, 1.82) is 0 Å². The molecule has 0 amide bonds. The molecule has 1 aromatic rings. The molecule has 1 aliphatic heterocycles. The van der Waals surface area contributed by atoms with Gasteiger partial charge in [-0.05, 0) is 42.4 Å². The largest absolute Gasteiger partial charge is 0.504 e. The Labute approximate surface area is 139 Å². The average Bonchev–Trinajstić information content (AvgIpc) is 2.47. The number of thiocarbonyl (C=S) groups is 1. The van der Waals surface area contributed by atoms with Crippen LogP contribution in [0, 0.1) is 0 Å². The first kappa shape index (κ1) is 16.9. The highest BCUT2D eigenvalue weighted by Gasteiger charge is 2.47. The van der Waals surface area contributed by atoms with E-state index < -0.39 is 11.5 Å². The predicted octanol–water partition coefficient (Wildman–Crippen LogP) is 2.60. The number of rotatable bonds is 3. The van der Waals surface area contributed by atoms with Gasteiger partial charge in [-0.2, -0.15) is 0 Å². The monoisotopic (exact) mass is 341 g/mol. The van der Waals surface area contributed by atoms with Gasteiger partial charge in [-0.3, -0.25) is 0 Å². The van der Waals surface area contributed by atoms with E-state index in [4.69, 9.17) is 17.0 Å². The summed E-state index contributed by atoms with van der Waals surface area (Å²) in [5.74, 6) is 0.104. The Morgan fingerprint density at radius 3 is 2.77 bits per heavy atom. The van der Waals surface area contributed by atoms with Crippen LogP contribution >= 0.6 is 24.0 Å². The van der Waals surface area contributed by atoms with Crippen molar-refractivity contribution in [3.05, 3.63) is 23.3 Å². The van der Waals surface area contributed by atoms with Gasteiger partial charge in [-0.15, -0.1) is 0 Å². The zero-order valence-electron chi connectivity index (χ0n) is 12.8. The molecule has 0 spiro atoms. The molecule has 1 aromatic carbocycles. The van der Waals surface area contributed by atoms with Crippen molar-refractivity contribution in [2.45, 2.75) is 25.8 Å². The Hall–Kier alpha value is -1.47. The molecule has 0 unspecified atom stereocenters. The molecule has 120 valence electrons. The number of nitrogens with zero attached hydrogens (tertiary/aromatic N) is 1. The SMILES string of the molecule is CCSC(=S)N1CCc2cc(O)c(OC)cc2[C@]1(C)C(=O)O. The number of phenolic OH excluding ortho intramolecular Hbond substituents is 1. The van der Waals surface area contributed by atoms with Crippen LogP contribution in [0.3, 0.4) is 0 Å². The number of fused-ring (bicyclic) bond motifs is 1. The summed E-state index contributed by atoms with van der Waals surface area (Å²) >= 11 is 6.86. The summed E-state index contributed by atoms with van der Waals surface area (Å²) in [7, 11) is 1.44. The molecule has 22 heavy (non-hydrogen) atoms. The third-order valence-corrected chi connectivity index (χ3v) is 5.31. The van der Waals surface area contributed by atoms with Crippen LogP contribution in [0.25, 0.3) is 0 Å². The van der Waals surface area contributed by atoms with Gasteiger partial charge >= 0.3 is 5.97 Å². The number of aliphatic carboxylic acids is 1. The maximum atomic E-state index is 12.0. The fourth-order valence-corrected chi connectivity index (χ4v) is 4.05. The Kier molecular flexibility index (Phi) is 4.87. The molecule has 1 aliphatic rings. The van der Waals surface area contributed by atoms with E-state index in [-0.39, 0.29) is 11.5 Å². The molecular formula is C15H19NO4S2. The van der Waals surface area contributed by atoms with E-state index in [1.807, 2.05) is 6.92 Å². The zero-order valence-corrected chi connectivity index (χ0v) is 14.4. The summed E-state index contributed by atoms with van der Waals surface area (Å²) in [4.78, 5) is 13.8. The highest BCUT2D eigenvalue weighted by Crippen LogP contribution is 2.42. The molecule has 0 saturated heterocycles. The van der Waals surface area contributed by atoms with E-state index in [0.29, 0.717) is 22.8 Å². The minimum atomic E-state index is -1.27. The van der Waals surface area contributed by atoms with Gasteiger partial charge in [0.2, 0.25) is 0 Å². The van der Waals surface area contributed by atoms with Crippen LogP contribution in [-0.4, -0.2) is 44.8 Å². The average molecular weight is 341 g/mol. The van der Waals surface area contributed by atoms with E-state index in [2.05, 4.69) is 0 Å². The van der Waals surface area contributed by atoms with Crippen molar-refractivity contribution in [1.82, 2.24) is 4.90 Å². The number of thioether (sulfide) groups is 1. The van der Waals surface area contributed by atoms with Crippen molar-refractivity contribution in [2.24, 2.45) is 0 Å². The molecular weight excluding hydrogens is 322 g/mol. The van der Waals surface area contributed by atoms with Crippen LogP contribution in [0.2, 0.25) is 0 Å². The normalized spacial score (nSPS) is 20.4. The molecule has 0 bridgehead atoms. The number of hydrogen-bond donors (Lipinski definition) is 2. The van der Waals surface area contributed by atoms with Gasteiger partial charge < -0.3 is 19.8 Å². The number of carbonyl (C=O) groups is 1. The molecule has 0 radical (unpaired) electrons. The lowest BCUT2D eigenvalue weighted by molar-refractivity contribution is -0.148. The standard InChI is InChI=1S/C15H19NO4S2/c1-4-22-14(21)16-6-5-9-7-11(17)12(20-3)8-10(9)15(16,2)13(18)19/h7-8,17H,4-6H2,1-3H3,(H,18,19)/t15-/m1/s1. The minimum absolute atomic E-state index is 0.0212. The maximum Gasteiger partial charge on any atom is 0.334 e. The smallest absolute Gasteiger partial charge is 0.334 e. The number of hydrogen-bond acceptors (Lipinski definition) is 5. The first-order chi connectivity index (χ1) is 10.4. The van der Waals surface area contributed by atoms with Crippen molar-refractivity contribution in [2.75, 3.05) is 19.4 Å². The highest BCUT2D eigenvalue weighted by atomic mass is 32.2. The van der Waals surface area contributed by atoms with Crippen molar-refractivity contribution in [3.8, 4) is 11.5 Å². The summed E-state index contributed by atoms with van der Waals surface area (Å²) in [5.41, 5.74) is 0.150. The molecule has 0 fully saturated rings. The minimum Gasteiger partial charge on any atom is -0.504 e. The zero-order chi connectivity index (χ0) is 16.5. The van der Waals surface area contributed by atoms with E-state index in [1.54, 1.807) is 24.0 Å². The Morgan fingerprint density at radius 2 is 2.23 bits per heavy atom. The second-order valence-electron chi connectivity index (χ2n) is 5.16. The summed E-state index contributed by atoms with van der Waals surface area (Å²) in [6.07, 6.45) is 0.625. The topological polar surface area (TPSA) is 70.0 Å². The van der Waals surface area contributed by atoms with Crippen LogP contribution in [0.15, 0.2) is 12.1 Å². The quantitative estimate of drug-likeness (QED) is 0.819. The van der Waals surface area contributed by atoms with Gasteiger partial charge in [0, 0.05) is 6.54 Å². The van der Waals surface area contributed by atoms with Crippen molar-refractivity contribution in [3.63, 3.8) is 0 Å². The summed E-state index contributed by atoms with van der Waals surface area (Å²) in [6, 6.07) is 3.19. The van der Waals surface area contributed by atoms with Crippen LogP contribution in [0.1, 0.15) is 25.0 Å². The number of aromatic hydroxyl groups is 1. The summed E-state index contributed by atoms with van der Waals surface area (Å²) < 4.78 is 5.70. The fraction of sp³-hybridized carbons (Fsp3) is 0.467. The van der Waals surface area contributed by atoms with E-state index in [9.17, 15) is 15.0 Å². The lowest BCUT2D eigenvalue weighted by atomic mass is 9.82. The van der Waals surface area contributed by atoms with Crippen molar-refractivity contribution < 1.29 is 19.7 Å². The second-order valence-corrected chi connectivity index (χ2v) is 7.06. The number of carboxylic acid groups (broad SMARTS) is 1. The van der Waals surface area contributed by atoms with Gasteiger partial charge in [0.1, 0.15) is 4.32 Å². The summed E-state index contributed by atoms with van der Waals surface area (Å²) in [5, 5.41) is 19.8. The first-order valence-corrected chi connectivity index (χ1v) is 8.33.